The summed E-state index contributed by atoms with van der Waals surface area (Å²) in [7, 11) is 0. The Morgan fingerprint density at radius 3 is 2.78 bits per heavy atom. The molecule has 0 radical (unpaired) electrons. The Balaban J connectivity index is 1.98. The number of amides is 2. The Kier molecular flexibility index (Phi) is 6.21. The molecule has 5 nitrogen and oxygen atoms in total. The summed E-state index contributed by atoms with van der Waals surface area (Å²) in [6.07, 6.45) is 2.76. The van der Waals surface area contributed by atoms with Crippen LogP contribution in [0.3, 0.4) is 0 Å². The molecule has 1 aliphatic rings. The molecule has 1 fully saturated rings. The van der Waals surface area contributed by atoms with Gasteiger partial charge in [-0.1, -0.05) is 13.8 Å². The maximum Gasteiger partial charge on any atom is 0.319 e. The number of ether oxygens (including phenoxy) is 1. The van der Waals surface area contributed by atoms with Crippen molar-refractivity contribution in [1.82, 2.24) is 5.32 Å². The topological polar surface area (TPSA) is 70.6 Å². The molecule has 1 aromatic rings. The second-order valence-electron chi connectivity index (χ2n) is 6.36. The van der Waals surface area contributed by atoms with Gasteiger partial charge in [-0.15, -0.1) is 0 Å². The first kappa shape index (κ1) is 17.5. The molecule has 2 amide bonds. The van der Waals surface area contributed by atoms with Crippen LogP contribution in [0.1, 0.15) is 33.1 Å². The molecule has 1 unspecified atom stereocenters. The molecular formula is C17H25FN2O3. The maximum atomic E-state index is 13.4. The number of urea groups is 1. The Hall–Kier alpha value is -1.82. The summed E-state index contributed by atoms with van der Waals surface area (Å²) in [4.78, 5) is 12.1. The van der Waals surface area contributed by atoms with Gasteiger partial charge in [0.05, 0.1) is 12.3 Å². The summed E-state index contributed by atoms with van der Waals surface area (Å²) in [5, 5.41) is 14.6. The van der Waals surface area contributed by atoms with Crippen LogP contribution >= 0.6 is 0 Å². The van der Waals surface area contributed by atoms with Gasteiger partial charge >= 0.3 is 6.03 Å². The summed E-state index contributed by atoms with van der Waals surface area (Å²) in [5.74, 6) is 0.680. The van der Waals surface area contributed by atoms with Gasteiger partial charge in [0.1, 0.15) is 11.6 Å². The minimum absolute atomic E-state index is 0.00935. The van der Waals surface area contributed by atoms with Crippen molar-refractivity contribution in [3.8, 4) is 5.75 Å². The van der Waals surface area contributed by atoms with E-state index >= 15 is 0 Å². The molecular weight excluding hydrogens is 299 g/mol. The minimum atomic E-state index is -0.401. The van der Waals surface area contributed by atoms with Gasteiger partial charge in [0.15, 0.2) is 0 Å². The van der Waals surface area contributed by atoms with E-state index in [1.165, 1.54) is 18.2 Å². The Morgan fingerprint density at radius 2 is 2.17 bits per heavy atom. The highest BCUT2D eigenvalue weighted by Gasteiger charge is 2.23. The number of aliphatic hydroxyl groups excluding tert-OH is 1. The quantitative estimate of drug-likeness (QED) is 0.688. The maximum absolute atomic E-state index is 13.4. The van der Waals surface area contributed by atoms with Crippen molar-refractivity contribution >= 4 is 11.7 Å². The number of benzene rings is 1. The molecule has 1 aliphatic carbocycles. The van der Waals surface area contributed by atoms with Crippen molar-refractivity contribution in [3.05, 3.63) is 24.0 Å². The molecule has 0 spiro atoms. The summed E-state index contributed by atoms with van der Waals surface area (Å²) in [5.41, 5.74) is 0.441. The van der Waals surface area contributed by atoms with E-state index in [2.05, 4.69) is 10.6 Å². The van der Waals surface area contributed by atoms with E-state index in [-0.39, 0.29) is 24.6 Å². The van der Waals surface area contributed by atoms with E-state index in [1.54, 1.807) is 0 Å². The Labute approximate surface area is 136 Å². The molecule has 1 aromatic carbocycles. The Bertz CT molecular complexity index is 533. The monoisotopic (exact) mass is 324 g/mol. The zero-order chi connectivity index (χ0) is 16.8. The van der Waals surface area contributed by atoms with Gasteiger partial charge in [-0.05, 0) is 43.2 Å². The number of hydrogen-bond donors (Lipinski definition) is 3. The number of hydrogen-bond acceptors (Lipinski definition) is 3. The van der Waals surface area contributed by atoms with Crippen molar-refractivity contribution < 1.29 is 19.0 Å². The van der Waals surface area contributed by atoms with Crippen LogP contribution in [-0.2, 0) is 0 Å². The minimum Gasteiger partial charge on any atom is -0.491 e. The average molecular weight is 324 g/mol. The van der Waals surface area contributed by atoms with E-state index in [0.717, 1.165) is 12.8 Å². The van der Waals surface area contributed by atoms with Crippen LogP contribution in [0.5, 0.6) is 5.75 Å². The highest BCUT2D eigenvalue weighted by molar-refractivity contribution is 5.91. The third-order valence-electron chi connectivity index (χ3n) is 3.92. The van der Waals surface area contributed by atoms with Gasteiger partial charge in [0, 0.05) is 18.7 Å². The molecule has 0 aromatic heterocycles. The molecule has 23 heavy (non-hydrogen) atoms. The largest absolute Gasteiger partial charge is 0.491 e. The fourth-order valence-corrected chi connectivity index (χ4v) is 2.25. The molecule has 3 N–H and O–H groups in total. The van der Waals surface area contributed by atoms with Gasteiger partial charge in [0.25, 0.3) is 0 Å². The first-order valence-corrected chi connectivity index (χ1v) is 8.10. The fraction of sp³-hybridized carbons (Fsp3) is 0.588. The molecule has 0 aliphatic heterocycles. The number of carbonyl (C=O) groups excluding carboxylic acids is 1. The number of nitrogens with one attached hydrogen (secondary N) is 2. The number of aliphatic hydroxyl groups is 1. The van der Waals surface area contributed by atoms with E-state index in [0.29, 0.717) is 30.4 Å². The Morgan fingerprint density at radius 1 is 1.43 bits per heavy atom. The third kappa shape index (κ3) is 5.71. The number of rotatable bonds is 8. The molecule has 6 heteroatoms. The second kappa shape index (κ2) is 8.15. The normalized spacial score (nSPS) is 15.3. The van der Waals surface area contributed by atoms with Gasteiger partial charge < -0.3 is 20.5 Å². The molecule has 1 atom stereocenters. The van der Waals surface area contributed by atoms with Crippen molar-refractivity contribution in [2.45, 2.75) is 39.2 Å². The molecule has 1 saturated carbocycles. The van der Waals surface area contributed by atoms with E-state index in [1.807, 2.05) is 13.8 Å². The van der Waals surface area contributed by atoms with Crippen LogP contribution in [0.15, 0.2) is 18.2 Å². The van der Waals surface area contributed by atoms with Crippen LogP contribution in [0.4, 0.5) is 14.9 Å². The second-order valence-corrected chi connectivity index (χ2v) is 6.36. The molecule has 0 heterocycles. The average Bonchev–Trinajstić information content (AvgIpc) is 3.31. The smallest absolute Gasteiger partial charge is 0.319 e. The van der Waals surface area contributed by atoms with Crippen molar-refractivity contribution in [2.24, 2.45) is 11.8 Å². The first-order chi connectivity index (χ1) is 11.0. The highest BCUT2D eigenvalue weighted by atomic mass is 19.1. The third-order valence-corrected chi connectivity index (χ3v) is 3.92. The number of halogens is 1. The standard InChI is InChI=1S/C17H25FN2O3/c1-11(2)14(7-8-21)19-17(22)20-15-6-5-13(18)9-16(15)23-10-12-3-4-12/h5-6,9,11-12,14,21H,3-4,7-8,10H2,1-2H3,(H2,19,20,22). The van der Waals surface area contributed by atoms with Crippen LogP contribution in [0, 0.1) is 17.7 Å². The van der Waals surface area contributed by atoms with E-state index in [9.17, 15) is 9.18 Å². The predicted octanol–water partition coefficient (Wildman–Crippen LogP) is 3.14. The lowest BCUT2D eigenvalue weighted by Crippen LogP contribution is -2.41. The zero-order valence-corrected chi connectivity index (χ0v) is 13.6. The molecule has 0 saturated heterocycles. The zero-order valence-electron chi connectivity index (χ0n) is 13.6. The van der Waals surface area contributed by atoms with Gasteiger partial charge in [0.2, 0.25) is 0 Å². The fourth-order valence-electron chi connectivity index (χ4n) is 2.25. The van der Waals surface area contributed by atoms with E-state index in [4.69, 9.17) is 9.84 Å². The summed E-state index contributed by atoms with van der Waals surface area (Å²) < 4.78 is 19.0. The first-order valence-electron chi connectivity index (χ1n) is 8.10. The van der Waals surface area contributed by atoms with Crippen LogP contribution < -0.4 is 15.4 Å². The summed E-state index contributed by atoms with van der Waals surface area (Å²) >= 11 is 0. The predicted molar refractivity (Wildman–Crippen MR) is 87.1 cm³/mol. The number of carbonyl (C=O) groups is 1. The van der Waals surface area contributed by atoms with Crippen molar-refractivity contribution in [2.75, 3.05) is 18.5 Å². The summed E-state index contributed by atoms with van der Waals surface area (Å²) in [6, 6.07) is 3.54. The lowest BCUT2D eigenvalue weighted by Gasteiger charge is -2.22. The molecule has 0 bridgehead atoms. The van der Waals surface area contributed by atoms with Crippen molar-refractivity contribution in [1.29, 1.82) is 0 Å². The van der Waals surface area contributed by atoms with Crippen LogP contribution in [0.2, 0.25) is 0 Å². The SMILES string of the molecule is CC(C)C(CCO)NC(=O)Nc1ccc(F)cc1OCC1CC1. The molecule has 128 valence electrons. The van der Waals surface area contributed by atoms with Crippen LogP contribution in [-0.4, -0.2) is 30.4 Å². The lowest BCUT2D eigenvalue weighted by atomic mass is 10.0. The molecule has 2 rings (SSSR count). The highest BCUT2D eigenvalue weighted by Crippen LogP contribution is 2.32. The number of anilines is 1. The van der Waals surface area contributed by atoms with Gasteiger partial charge in [-0.2, -0.15) is 0 Å². The van der Waals surface area contributed by atoms with Crippen LogP contribution in [0.25, 0.3) is 0 Å². The van der Waals surface area contributed by atoms with Gasteiger partial charge in [-0.3, -0.25) is 0 Å². The van der Waals surface area contributed by atoms with Crippen molar-refractivity contribution in [3.63, 3.8) is 0 Å². The lowest BCUT2D eigenvalue weighted by molar-refractivity contribution is 0.227. The van der Waals surface area contributed by atoms with Gasteiger partial charge in [-0.25, -0.2) is 9.18 Å². The van der Waals surface area contributed by atoms with E-state index < -0.39 is 5.82 Å². The summed E-state index contributed by atoms with van der Waals surface area (Å²) in [6.45, 7) is 4.50.